The fourth-order valence-corrected chi connectivity index (χ4v) is 3.64. The number of benzene rings is 2. The first kappa shape index (κ1) is 15.0. The van der Waals surface area contributed by atoms with Gasteiger partial charge in [-0.3, -0.25) is 0 Å². The molecule has 0 unspecified atom stereocenters. The third kappa shape index (κ3) is 2.80. The number of hydrogen-bond acceptors (Lipinski definition) is 0. The van der Waals surface area contributed by atoms with Crippen LogP contribution >= 0.6 is 0 Å². The summed E-state index contributed by atoms with van der Waals surface area (Å²) in [5.74, 6) is 0. The van der Waals surface area contributed by atoms with Crippen molar-refractivity contribution in [3.05, 3.63) is 106 Å². The van der Waals surface area contributed by atoms with Gasteiger partial charge in [0.25, 0.3) is 0 Å². The first-order valence-corrected chi connectivity index (χ1v) is 8.65. The molecule has 0 nitrogen and oxygen atoms in total. The summed E-state index contributed by atoms with van der Waals surface area (Å²) in [6.07, 6.45) is 15.5. The number of aryl methyl sites for hydroxylation is 2. The van der Waals surface area contributed by atoms with Gasteiger partial charge in [-0.05, 0) is 60.1 Å². The van der Waals surface area contributed by atoms with E-state index in [1.54, 1.807) is 0 Å². The van der Waals surface area contributed by atoms with E-state index in [4.69, 9.17) is 0 Å². The molecule has 118 valence electrons. The largest absolute Gasteiger partial charge is 0.0722 e. The van der Waals surface area contributed by atoms with Crippen LogP contribution in [0.15, 0.2) is 72.9 Å². The lowest BCUT2D eigenvalue weighted by molar-refractivity contribution is 1.28. The van der Waals surface area contributed by atoms with Crippen LogP contribution < -0.4 is 0 Å². The molecule has 24 heavy (non-hydrogen) atoms. The van der Waals surface area contributed by atoms with Gasteiger partial charge in [0, 0.05) is 0 Å². The monoisotopic (exact) mass is 310 g/mol. The van der Waals surface area contributed by atoms with Crippen molar-refractivity contribution < 1.29 is 0 Å². The SMILES string of the molecule is Cc1ccc2c(c1)CC=C2C=CC=CC1=CCc2cc(C)ccc21. The molecule has 0 aliphatic heterocycles. The third-order valence-corrected chi connectivity index (χ3v) is 4.89. The Morgan fingerprint density at radius 2 is 1.12 bits per heavy atom. The average Bonchev–Trinajstić information content (AvgIpc) is 3.15. The molecule has 0 saturated heterocycles. The molecule has 0 heterocycles. The predicted molar refractivity (Wildman–Crippen MR) is 104 cm³/mol. The summed E-state index contributed by atoms with van der Waals surface area (Å²) in [5, 5.41) is 0. The summed E-state index contributed by atoms with van der Waals surface area (Å²) < 4.78 is 0. The maximum Gasteiger partial charge on any atom is -0.00820 e. The lowest BCUT2D eigenvalue weighted by atomic mass is 10.0. The first-order valence-electron chi connectivity index (χ1n) is 8.65. The van der Waals surface area contributed by atoms with Gasteiger partial charge < -0.3 is 0 Å². The van der Waals surface area contributed by atoms with Gasteiger partial charge in [-0.15, -0.1) is 0 Å². The van der Waals surface area contributed by atoms with Crippen LogP contribution in [0.3, 0.4) is 0 Å². The van der Waals surface area contributed by atoms with Gasteiger partial charge in [-0.25, -0.2) is 0 Å². The molecule has 0 spiro atoms. The summed E-state index contributed by atoms with van der Waals surface area (Å²) in [5.41, 5.74) is 11.0. The second-order valence-corrected chi connectivity index (χ2v) is 6.77. The molecule has 2 aromatic carbocycles. The molecule has 0 fully saturated rings. The standard InChI is InChI=1S/C24H22/c1-17-7-13-23-19(9-11-21(23)15-17)5-3-4-6-20-10-12-22-16-18(2)8-14-24(20)22/h3-10,13-16H,11-12H2,1-2H3. The zero-order valence-corrected chi connectivity index (χ0v) is 14.3. The van der Waals surface area contributed by atoms with Gasteiger partial charge in [0.1, 0.15) is 0 Å². The molecule has 0 saturated carbocycles. The van der Waals surface area contributed by atoms with Crippen molar-refractivity contribution in [2.45, 2.75) is 26.7 Å². The van der Waals surface area contributed by atoms with Crippen LogP contribution in [0.4, 0.5) is 0 Å². The quantitative estimate of drug-likeness (QED) is 0.610. The molecule has 0 heteroatoms. The molecule has 0 amide bonds. The van der Waals surface area contributed by atoms with E-state index in [2.05, 4.69) is 86.7 Å². The maximum absolute atomic E-state index is 2.32. The average molecular weight is 310 g/mol. The minimum Gasteiger partial charge on any atom is -0.0722 e. The molecule has 4 rings (SSSR count). The normalized spacial score (nSPS) is 15.8. The van der Waals surface area contributed by atoms with Gasteiger partial charge in [0.05, 0.1) is 0 Å². The molecule has 2 aliphatic carbocycles. The Hall–Kier alpha value is -2.60. The highest BCUT2D eigenvalue weighted by atomic mass is 14.2. The summed E-state index contributed by atoms with van der Waals surface area (Å²) in [4.78, 5) is 0. The Kier molecular flexibility index (Phi) is 3.82. The Morgan fingerprint density at radius 3 is 1.58 bits per heavy atom. The third-order valence-electron chi connectivity index (χ3n) is 4.89. The Labute approximate surface area is 144 Å². The summed E-state index contributed by atoms with van der Waals surface area (Å²) in [6.45, 7) is 4.32. The first-order chi connectivity index (χ1) is 11.7. The number of rotatable bonds is 3. The van der Waals surface area contributed by atoms with Crippen molar-refractivity contribution in [3.63, 3.8) is 0 Å². The molecule has 0 N–H and O–H groups in total. The lowest BCUT2D eigenvalue weighted by Crippen LogP contribution is -1.84. The maximum atomic E-state index is 2.32. The van der Waals surface area contributed by atoms with Crippen molar-refractivity contribution in [3.8, 4) is 0 Å². The summed E-state index contributed by atoms with van der Waals surface area (Å²) >= 11 is 0. The molecule has 0 atom stereocenters. The van der Waals surface area contributed by atoms with Crippen LogP contribution in [0.1, 0.15) is 33.4 Å². The molecule has 0 aromatic heterocycles. The topological polar surface area (TPSA) is 0 Å². The van der Waals surface area contributed by atoms with Gasteiger partial charge in [0.2, 0.25) is 0 Å². The van der Waals surface area contributed by atoms with E-state index in [0.29, 0.717) is 0 Å². The van der Waals surface area contributed by atoms with E-state index < -0.39 is 0 Å². The van der Waals surface area contributed by atoms with Crippen molar-refractivity contribution in [2.24, 2.45) is 0 Å². The molecular weight excluding hydrogens is 288 g/mol. The smallest absolute Gasteiger partial charge is 0.00820 e. The van der Waals surface area contributed by atoms with Crippen molar-refractivity contribution in [2.75, 3.05) is 0 Å². The number of fused-ring (bicyclic) bond motifs is 2. The van der Waals surface area contributed by atoms with Crippen LogP contribution in [-0.4, -0.2) is 0 Å². The van der Waals surface area contributed by atoms with Gasteiger partial charge >= 0.3 is 0 Å². The number of allylic oxidation sites excluding steroid dienone is 8. The zero-order valence-electron chi connectivity index (χ0n) is 14.3. The van der Waals surface area contributed by atoms with Crippen LogP contribution in [-0.2, 0) is 12.8 Å². The molecular formula is C24H22. The minimum absolute atomic E-state index is 1.05. The highest BCUT2D eigenvalue weighted by molar-refractivity contribution is 5.82. The van der Waals surface area contributed by atoms with Gasteiger partial charge in [0.15, 0.2) is 0 Å². The van der Waals surface area contributed by atoms with E-state index in [1.165, 1.54) is 44.5 Å². The fraction of sp³-hybridized carbons (Fsp3) is 0.167. The van der Waals surface area contributed by atoms with Crippen LogP contribution in [0.2, 0.25) is 0 Å². The second-order valence-electron chi connectivity index (χ2n) is 6.77. The molecule has 2 aromatic rings. The van der Waals surface area contributed by atoms with Gasteiger partial charge in [-0.1, -0.05) is 84.0 Å². The Balaban J connectivity index is 1.48. The zero-order chi connectivity index (χ0) is 16.5. The van der Waals surface area contributed by atoms with Crippen LogP contribution in [0, 0.1) is 13.8 Å². The molecule has 0 bridgehead atoms. The van der Waals surface area contributed by atoms with E-state index in [-0.39, 0.29) is 0 Å². The fourth-order valence-electron chi connectivity index (χ4n) is 3.64. The van der Waals surface area contributed by atoms with E-state index in [0.717, 1.165) is 12.8 Å². The Morgan fingerprint density at radius 1 is 0.667 bits per heavy atom. The highest BCUT2D eigenvalue weighted by Crippen LogP contribution is 2.30. The number of hydrogen-bond donors (Lipinski definition) is 0. The molecule has 2 aliphatic rings. The van der Waals surface area contributed by atoms with E-state index >= 15 is 0 Å². The summed E-state index contributed by atoms with van der Waals surface area (Å²) in [7, 11) is 0. The Bertz CT molecular complexity index is 840. The molecule has 0 radical (unpaired) electrons. The van der Waals surface area contributed by atoms with E-state index in [1.807, 2.05) is 0 Å². The van der Waals surface area contributed by atoms with Crippen LogP contribution in [0.25, 0.3) is 11.1 Å². The van der Waals surface area contributed by atoms with E-state index in [9.17, 15) is 0 Å². The van der Waals surface area contributed by atoms with Crippen molar-refractivity contribution in [1.29, 1.82) is 0 Å². The van der Waals surface area contributed by atoms with Gasteiger partial charge in [-0.2, -0.15) is 0 Å². The van der Waals surface area contributed by atoms with Crippen LogP contribution in [0.5, 0.6) is 0 Å². The highest BCUT2D eigenvalue weighted by Gasteiger charge is 2.12. The predicted octanol–water partition coefficient (Wildman–Crippen LogP) is 6.00. The second kappa shape index (κ2) is 6.13. The minimum atomic E-state index is 1.05. The van der Waals surface area contributed by atoms with Crippen molar-refractivity contribution >= 4 is 11.1 Å². The summed E-state index contributed by atoms with van der Waals surface area (Å²) in [6, 6.07) is 13.5. The van der Waals surface area contributed by atoms with Crippen molar-refractivity contribution in [1.82, 2.24) is 0 Å². The lowest BCUT2D eigenvalue weighted by Gasteiger charge is -2.03.